The zero-order valence-corrected chi connectivity index (χ0v) is 15.4. The Morgan fingerprint density at radius 2 is 1.90 bits per heavy atom. The van der Waals surface area contributed by atoms with Gasteiger partial charge in [0.05, 0.1) is 11.3 Å². The number of hydrogen-bond donors (Lipinski definition) is 4. The van der Waals surface area contributed by atoms with Gasteiger partial charge in [0, 0.05) is 12.2 Å². The molecule has 0 aliphatic heterocycles. The lowest BCUT2D eigenvalue weighted by molar-refractivity contribution is -0.137. The number of anilines is 3. The van der Waals surface area contributed by atoms with Crippen molar-refractivity contribution in [2.45, 2.75) is 12.7 Å². The summed E-state index contributed by atoms with van der Waals surface area (Å²) in [5, 5.41) is 17.7. The minimum atomic E-state index is -4.57. The molecule has 11 heteroatoms. The topological polar surface area (TPSA) is 152 Å². The van der Waals surface area contributed by atoms with Crippen molar-refractivity contribution in [1.29, 1.82) is 5.26 Å². The van der Waals surface area contributed by atoms with Crippen LogP contribution in [0.4, 0.5) is 30.6 Å². The molecule has 0 bridgehead atoms. The second-order valence-electron chi connectivity index (χ2n) is 6.15. The zero-order valence-electron chi connectivity index (χ0n) is 15.4. The van der Waals surface area contributed by atoms with E-state index in [9.17, 15) is 13.2 Å². The molecule has 8 nitrogen and oxygen atoms in total. The molecule has 0 spiro atoms. The van der Waals surface area contributed by atoms with Crippen molar-refractivity contribution in [3.05, 3.63) is 58.8 Å². The fourth-order valence-corrected chi connectivity index (χ4v) is 2.75. The summed E-state index contributed by atoms with van der Waals surface area (Å²) < 4.78 is 39.2. The summed E-state index contributed by atoms with van der Waals surface area (Å²) in [5.74, 6) is 0.102. The van der Waals surface area contributed by atoms with E-state index in [2.05, 4.69) is 20.3 Å². The molecular formula is C19H16F3N8+. The highest BCUT2D eigenvalue weighted by Gasteiger charge is 2.33. The van der Waals surface area contributed by atoms with Gasteiger partial charge in [-0.05, 0) is 29.8 Å². The smallest absolute Gasteiger partial charge is 0.398 e. The van der Waals surface area contributed by atoms with Crippen LogP contribution in [0.25, 0.3) is 11.4 Å². The normalized spacial score (nSPS) is 11.0. The Morgan fingerprint density at radius 3 is 2.57 bits per heavy atom. The predicted octanol–water partition coefficient (Wildman–Crippen LogP) is 1.38. The first-order valence-electron chi connectivity index (χ1n) is 8.52. The molecule has 0 amide bonds. The number of nitrogen functional groups attached to an aromatic ring is 2. The van der Waals surface area contributed by atoms with Crippen LogP contribution in [0.2, 0.25) is 0 Å². The number of aromatic nitrogens is 3. The second kappa shape index (κ2) is 8.04. The fraction of sp³-hybridized carbons (Fsp3) is 0.105. The van der Waals surface area contributed by atoms with Crippen molar-refractivity contribution in [3.63, 3.8) is 0 Å². The van der Waals surface area contributed by atoms with Crippen LogP contribution in [-0.4, -0.2) is 21.2 Å². The molecule has 0 fully saturated rings. The number of nitriles is 1. The molecule has 7 N–H and O–H groups in total. The Labute approximate surface area is 168 Å². The van der Waals surface area contributed by atoms with Crippen molar-refractivity contribution < 1.29 is 18.6 Å². The third kappa shape index (κ3) is 4.27. The van der Waals surface area contributed by atoms with E-state index in [0.29, 0.717) is 16.8 Å². The maximum Gasteiger partial charge on any atom is 0.418 e. The highest BCUT2D eigenvalue weighted by Crippen LogP contribution is 2.34. The first-order valence-corrected chi connectivity index (χ1v) is 8.52. The van der Waals surface area contributed by atoms with Crippen LogP contribution in [0.3, 0.4) is 0 Å². The first-order chi connectivity index (χ1) is 14.2. The van der Waals surface area contributed by atoms with Gasteiger partial charge in [-0.15, -0.1) is 0 Å². The summed E-state index contributed by atoms with van der Waals surface area (Å²) in [6.45, 7) is -0.00818. The molecule has 0 atom stereocenters. The largest absolute Gasteiger partial charge is 0.418 e. The molecule has 152 valence electrons. The average Bonchev–Trinajstić information content (AvgIpc) is 2.71. The molecule has 2 aromatic heterocycles. The number of benzene rings is 1. The van der Waals surface area contributed by atoms with Crippen molar-refractivity contribution in [2.24, 2.45) is 0 Å². The van der Waals surface area contributed by atoms with Crippen LogP contribution >= 0.6 is 0 Å². The second-order valence-corrected chi connectivity index (χ2v) is 6.15. The van der Waals surface area contributed by atoms with Crippen LogP contribution < -0.4 is 22.2 Å². The fourth-order valence-electron chi connectivity index (χ4n) is 2.75. The lowest BCUT2D eigenvalue weighted by atomic mass is 10.1. The van der Waals surface area contributed by atoms with E-state index < -0.39 is 11.7 Å². The lowest BCUT2D eigenvalue weighted by Gasteiger charge is -2.14. The quantitative estimate of drug-likeness (QED) is 0.364. The van der Waals surface area contributed by atoms with Crippen molar-refractivity contribution in [1.82, 2.24) is 15.0 Å². The van der Waals surface area contributed by atoms with E-state index >= 15 is 0 Å². The molecule has 0 saturated carbocycles. The first kappa shape index (κ1) is 20.5. The van der Waals surface area contributed by atoms with Gasteiger partial charge in [0.2, 0.25) is 5.95 Å². The summed E-state index contributed by atoms with van der Waals surface area (Å²) >= 11 is 0. The summed E-state index contributed by atoms with van der Waals surface area (Å²) in [4.78, 5) is 12.4. The van der Waals surface area contributed by atoms with Gasteiger partial charge in [0.1, 0.15) is 28.8 Å². The van der Waals surface area contributed by atoms with E-state index in [1.165, 1.54) is 24.4 Å². The Bertz CT molecular complexity index is 1150. The van der Waals surface area contributed by atoms with Crippen LogP contribution in [0.15, 0.2) is 36.4 Å². The standard InChI is InChI=1S/C19H15F3N8/c20-19(21,22)13-6-10(4-5-14(13)25)9-27-17-12(8-24)16(29-18(26)30-17)15-3-1-2-11(7-23)28-15/h1-6,8,24H,9,25H2,(H3,26,27,29,30)/p+1. The van der Waals surface area contributed by atoms with Crippen molar-refractivity contribution in [2.75, 3.05) is 16.8 Å². The van der Waals surface area contributed by atoms with E-state index in [4.69, 9.17) is 22.1 Å². The van der Waals surface area contributed by atoms with Gasteiger partial charge in [-0.2, -0.15) is 23.4 Å². The predicted molar refractivity (Wildman–Crippen MR) is 105 cm³/mol. The molecule has 0 radical (unpaired) electrons. The molecule has 2 heterocycles. The Morgan fingerprint density at radius 1 is 1.13 bits per heavy atom. The number of nitrogens with two attached hydrogens (primary N) is 3. The van der Waals surface area contributed by atoms with Gasteiger partial charge in [-0.1, -0.05) is 12.1 Å². The van der Waals surface area contributed by atoms with Crippen molar-refractivity contribution >= 4 is 23.7 Å². The highest BCUT2D eigenvalue weighted by atomic mass is 19.4. The summed E-state index contributed by atoms with van der Waals surface area (Å²) in [7, 11) is 0. The van der Waals surface area contributed by atoms with Gasteiger partial charge in [0.25, 0.3) is 0 Å². The van der Waals surface area contributed by atoms with Gasteiger partial charge in [-0.25, -0.2) is 9.97 Å². The minimum absolute atomic E-state index is 0.00818. The van der Waals surface area contributed by atoms with E-state index in [-0.39, 0.29) is 35.4 Å². The zero-order chi connectivity index (χ0) is 21.9. The number of pyridine rings is 1. The SMILES string of the molecule is N#Cc1cccc(-c2nc(N)nc(NCc3ccc(N)c(C(F)(F)F)c3)c2C=[NH2+])n1. The van der Waals surface area contributed by atoms with E-state index in [1.807, 2.05) is 6.07 Å². The number of alkyl halides is 3. The molecule has 30 heavy (non-hydrogen) atoms. The Balaban J connectivity index is 1.97. The monoisotopic (exact) mass is 413 g/mol. The van der Waals surface area contributed by atoms with Crippen LogP contribution in [-0.2, 0) is 12.7 Å². The van der Waals surface area contributed by atoms with Crippen LogP contribution in [0.1, 0.15) is 22.4 Å². The van der Waals surface area contributed by atoms with E-state index in [0.717, 1.165) is 6.07 Å². The Hall–Kier alpha value is -4.20. The Kier molecular flexibility index (Phi) is 5.50. The van der Waals surface area contributed by atoms with Crippen molar-refractivity contribution in [3.8, 4) is 17.5 Å². The minimum Gasteiger partial charge on any atom is -0.398 e. The van der Waals surface area contributed by atoms with Crippen LogP contribution in [0.5, 0.6) is 0 Å². The molecule has 0 unspecified atom stereocenters. The molecular weight excluding hydrogens is 397 g/mol. The summed E-state index contributed by atoms with van der Waals surface area (Å²) in [6.07, 6.45) is -3.35. The van der Waals surface area contributed by atoms with Gasteiger partial charge < -0.3 is 16.8 Å². The molecule has 0 saturated heterocycles. The molecule has 1 aromatic carbocycles. The van der Waals surface area contributed by atoms with Gasteiger partial charge >= 0.3 is 6.18 Å². The lowest BCUT2D eigenvalue weighted by Crippen LogP contribution is -2.31. The number of rotatable bonds is 5. The van der Waals surface area contributed by atoms with E-state index in [1.54, 1.807) is 12.1 Å². The number of halogens is 3. The third-order valence-electron chi connectivity index (χ3n) is 4.12. The maximum absolute atomic E-state index is 13.1. The van der Waals surface area contributed by atoms with Gasteiger partial charge in [0.15, 0.2) is 6.21 Å². The maximum atomic E-state index is 13.1. The number of nitrogens with zero attached hydrogens (tertiary/aromatic N) is 4. The highest BCUT2D eigenvalue weighted by molar-refractivity contribution is 5.91. The third-order valence-corrected chi connectivity index (χ3v) is 4.12. The number of hydrogen-bond acceptors (Lipinski definition) is 7. The van der Waals surface area contributed by atoms with Crippen LogP contribution in [0, 0.1) is 11.3 Å². The summed E-state index contributed by atoms with van der Waals surface area (Å²) in [6, 6.07) is 10.3. The summed E-state index contributed by atoms with van der Waals surface area (Å²) in [5.41, 5.74) is 11.4. The molecule has 0 aliphatic carbocycles. The molecule has 0 aliphatic rings. The molecule has 3 rings (SSSR count). The molecule has 3 aromatic rings. The van der Waals surface area contributed by atoms with Gasteiger partial charge in [-0.3, -0.25) is 5.41 Å². The number of nitrogens with one attached hydrogen (secondary N) is 1. The average molecular weight is 413 g/mol.